The molecule has 0 aromatic heterocycles. The van der Waals surface area contributed by atoms with Crippen molar-refractivity contribution >= 4 is 25.8 Å². The highest BCUT2D eigenvalue weighted by atomic mass is 32.2. The summed E-state index contributed by atoms with van der Waals surface area (Å²) in [5.74, 6) is 0.573. The van der Waals surface area contributed by atoms with E-state index < -0.39 is 32.3 Å². The first kappa shape index (κ1) is 36.2. The summed E-state index contributed by atoms with van der Waals surface area (Å²) < 4.78 is 82.1. The first-order valence-electron chi connectivity index (χ1n) is 16.1. The summed E-state index contributed by atoms with van der Waals surface area (Å²) in [7, 11) is -4.52. The number of sulfonamides is 1. The quantitative estimate of drug-likeness (QED) is 0.166. The summed E-state index contributed by atoms with van der Waals surface area (Å²) in [5.41, 5.74) is 4.81. The van der Waals surface area contributed by atoms with E-state index in [4.69, 9.17) is 23.1 Å². The molecule has 3 aromatic carbocycles. The molecule has 0 aliphatic carbocycles. The molecule has 13 heteroatoms. The summed E-state index contributed by atoms with van der Waals surface area (Å²) in [6, 6.07) is 19.8. The van der Waals surface area contributed by atoms with Gasteiger partial charge in [0.25, 0.3) is 10.1 Å². The van der Waals surface area contributed by atoms with Crippen LogP contribution in [0.4, 0.5) is 5.69 Å². The Morgan fingerprint density at radius 2 is 1.62 bits per heavy atom. The van der Waals surface area contributed by atoms with Crippen LogP contribution in [0.15, 0.2) is 71.6 Å². The molecule has 2 aliphatic heterocycles. The average molecular weight is 703 g/mol. The summed E-state index contributed by atoms with van der Waals surface area (Å²) in [4.78, 5) is 2.41. The van der Waals surface area contributed by atoms with E-state index in [2.05, 4.69) is 11.0 Å². The number of piperidine rings is 1. The van der Waals surface area contributed by atoms with Gasteiger partial charge in [-0.3, -0.25) is 4.18 Å². The van der Waals surface area contributed by atoms with Crippen molar-refractivity contribution in [1.29, 1.82) is 0 Å². The third kappa shape index (κ3) is 9.14. The number of ether oxygens (including phenoxy) is 4. The van der Waals surface area contributed by atoms with Crippen LogP contribution in [0, 0.1) is 6.92 Å². The van der Waals surface area contributed by atoms with Crippen LogP contribution in [-0.2, 0) is 51.7 Å². The molecule has 5 rings (SSSR count). The van der Waals surface area contributed by atoms with Gasteiger partial charge < -0.3 is 23.8 Å². The van der Waals surface area contributed by atoms with E-state index in [0.29, 0.717) is 26.2 Å². The fourth-order valence-electron chi connectivity index (χ4n) is 6.30. The topological polar surface area (TPSA) is 121 Å². The van der Waals surface area contributed by atoms with Gasteiger partial charge in [0.05, 0.1) is 55.3 Å². The molecular formula is C35H46N2O9S2. The van der Waals surface area contributed by atoms with E-state index in [1.165, 1.54) is 4.31 Å². The van der Waals surface area contributed by atoms with Crippen LogP contribution < -0.4 is 9.64 Å². The number of benzene rings is 3. The average Bonchev–Trinajstić information content (AvgIpc) is 3.07. The Morgan fingerprint density at radius 3 is 2.31 bits per heavy atom. The molecular weight excluding hydrogens is 657 g/mol. The number of rotatable bonds is 15. The molecule has 3 atom stereocenters. The van der Waals surface area contributed by atoms with Gasteiger partial charge >= 0.3 is 0 Å². The standard InChI is InChI=1S/C35H46N2O9S2/c1-26-6-13-31(14-7-26)48(40,41)37-22-35(45-24-28-10-15-34-33(20-28)36(17-19-44-34)16-5-18-42-2)32(21-30(37)25-46-47(4,38)39)29-11-8-27(9-12-29)23-43-3/h6-15,20,30,32,35H,5,16-19,21-25H2,1-4H3/t30-,32+,35-/m0/s1. The van der Waals surface area contributed by atoms with Crippen LogP contribution >= 0.6 is 0 Å². The summed E-state index contributed by atoms with van der Waals surface area (Å²) in [6.07, 6.45) is 1.60. The van der Waals surface area contributed by atoms with E-state index in [9.17, 15) is 16.8 Å². The maximum atomic E-state index is 14.1. The van der Waals surface area contributed by atoms with Crippen molar-refractivity contribution in [3.63, 3.8) is 0 Å². The molecule has 0 radical (unpaired) electrons. The lowest BCUT2D eigenvalue weighted by Gasteiger charge is -2.43. The Labute approximate surface area is 284 Å². The Balaban J connectivity index is 1.46. The minimum absolute atomic E-state index is 0.00961. The Morgan fingerprint density at radius 1 is 0.896 bits per heavy atom. The van der Waals surface area contributed by atoms with E-state index in [1.807, 2.05) is 43.3 Å². The summed E-state index contributed by atoms with van der Waals surface area (Å²) in [6.45, 7) is 5.18. The Hall–Kier alpha value is -3.04. The fourth-order valence-corrected chi connectivity index (χ4v) is 8.34. The maximum Gasteiger partial charge on any atom is 0.264 e. The minimum Gasteiger partial charge on any atom is -0.490 e. The van der Waals surface area contributed by atoms with Gasteiger partial charge in [-0.15, -0.1) is 0 Å². The monoisotopic (exact) mass is 702 g/mol. The predicted molar refractivity (Wildman–Crippen MR) is 183 cm³/mol. The lowest BCUT2D eigenvalue weighted by molar-refractivity contribution is -0.0249. The van der Waals surface area contributed by atoms with Crippen LogP contribution in [-0.4, -0.2) is 93.2 Å². The van der Waals surface area contributed by atoms with E-state index >= 15 is 0 Å². The second kappa shape index (κ2) is 16.1. The molecule has 11 nitrogen and oxygen atoms in total. The predicted octanol–water partition coefficient (Wildman–Crippen LogP) is 4.49. The SMILES string of the molecule is COCCCN1CCOc2ccc(CO[C@H]3CN(S(=O)(=O)c4ccc(C)cc4)[C@H](COS(C)(=O)=O)C[C@@H]3c3ccc(COC)cc3)cc21. The van der Waals surface area contributed by atoms with Gasteiger partial charge in [0.15, 0.2) is 0 Å². The number of nitrogens with zero attached hydrogens (tertiary/aromatic N) is 2. The third-order valence-corrected chi connectivity index (χ3v) is 11.3. The van der Waals surface area contributed by atoms with Crippen molar-refractivity contribution in [2.45, 2.75) is 55.9 Å². The smallest absolute Gasteiger partial charge is 0.264 e. The molecule has 1 fully saturated rings. The second-order valence-electron chi connectivity index (χ2n) is 12.4. The first-order chi connectivity index (χ1) is 23.0. The maximum absolute atomic E-state index is 14.1. The number of fused-ring (bicyclic) bond motifs is 1. The Bertz CT molecular complexity index is 1720. The molecule has 0 amide bonds. The van der Waals surface area contributed by atoms with Crippen molar-refractivity contribution in [1.82, 2.24) is 4.31 Å². The number of hydrogen-bond acceptors (Lipinski definition) is 10. The normalized spacial score (nSPS) is 20.3. The lowest BCUT2D eigenvalue weighted by Crippen LogP contribution is -2.54. The molecule has 262 valence electrons. The molecule has 0 spiro atoms. The fraction of sp³-hybridized carbons (Fsp3) is 0.486. The van der Waals surface area contributed by atoms with Crippen LogP contribution in [0.2, 0.25) is 0 Å². The third-order valence-electron chi connectivity index (χ3n) is 8.79. The largest absolute Gasteiger partial charge is 0.490 e. The van der Waals surface area contributed by atoms with Gasteiger partial charge in [0.2, 0.25) is 10.0 Å². The van der Waals surface area contributed by atoms with Crippen molar-refractivity contribution in [2.24, 2.45) is 0 Å². The highest BCUT2D eigenvalue weighted by Crippen LogP contribution is 2.38. The summed E-state index contributed by atoms with van der Waals surface area (Å²) in [5, 5.41) is 0. The van der Waals surface area contributed by atoms with Crippen molar-refractivity contribution in [2.75, 3.05) is 64.8 Å². The van der Waals surface area contributed by atoms with Crippen LogP contribution in [0.25, 0.3) is 0 Å². The number of aryl methyl sites for hydroxylation is 1. The van der Waals surface area contributed by atoms with Gasteiger partial charge in [-0.2, -0.15) is 12.7 Å². The molecule has 3 aromatic rings. The van der Waals surface area contributed by atoms with Crippen LogP contribution in [0.3, 0.4) is 0 Å². The molecule has 2 aliphatic rings. The summed E-state index contributed by atoms with van der Waals surface area (Å²) >= 11 is 0. The van der Waals surface area contributed by atoms with E-state index in [0.717, 1.165) is 59.5 Å². The van der Waals surface area contributed by atoms with Gasteiger partial charge in [-0.05, 0) is 60.7 Å². The van der Waals surface area contributed by atoms with Crippen LogP contribution in [0.1, 0.15) is 41.0 Å². The molecule has 2 heterocycles. The van der Waals surface area contributed by atoms with Gasteiger partial charge in [0, 0.05) is 39.8 Å². The molecule has 0 N–H and O–H groups in total. The van der Waals surface area contributed by atoms with Crippen molar-refractivity contribution in [3.05, 3.63) is 89.0 Å². The first-order valence-corrected chi connectivity index (χ1v) is 19.4. The zero-order valence-corrected chi connectivity index (χ0v) is 29.7. The molecule has 0 unspecified atom stereocenters. The molecule has 48 heavy (non-hydrogen) atoms. The zero-order valence-electron chi connectivity index (χ0n) is 28.0. The molecule has 0 bridgehead atoms. The highest BCUT2D eigenvalue weighted by Gasteiger charge is 2.43. The van der Waals surface area contributed by atoms with E-state index in [1.54, 1.807) is 38.5 Å². The number of anilines is 1. The second-order valence-corrected chi connectivity index (χ2v) is 15.9. The molecule has 1 saturated heterocycles. The highest BCUT2D eigenvalue weighted by molar-refractivity contribution is 7.89. The van der Waals surface area contributed by atoms with Crippen LogP contribution in [0.5, 0.6) is 5.75 Å². The van der Waals surface area contributed by atoms with Crippen molar-refractivity contribution < 1.29 is 40.0 Å². The molecule has 0 saturated carbocycles. The number of hydrogen-bond donors (Lipinski definition) is 0. The number of methoxy groups -OCH3 is 2. The zero-order chi connectivity index (χ0) is 34.3. The minimum atomic E-state index is -4.03. The lowest BCUT2D eigenvalue weighted by atomic mass is 9.84. The van der Waals surface area contributed by atoms with E-state index in [-0.39, 0.29) is 30.6 Å². The van der Waals surface area contributed by atoms with Gasteiger partial charge in [-0.25, -0.2) is 8.42 Å². The van der Waals surface area contributed by atoms with Gasteiger partial charge in [-0.1, -0.05) is 48.0 Å². The Kier molecular flexibility index (Phi) is 12.2. The van der Waals surface area contributed by atoms with Gasteiger partial charge in [0.1, 0.15) is 12.4 Å². The van der Waals surface area contributed by atoms with Crippen molar-refractivity contribution in [3.8, 4) is 5.75 Å².